The number of hydrogen-bond donors (Lipinski definition) is 2. The lowest BCUT2D eigenvalue weighted by atomic mass is 9.77. The number of carbonyl (C=O) groups is 1. The minimum Gasteiger partial charge on any atom is -0.508 e. The zero-order chi connectivity index (χ0) is 18.9. The highest BCUT2D eigenvalue weighted by atomic mass is 127. The molecule has 134 valence electrons. The molecule has 2 heterocycles. The normalized spacial score (nSPS) is 19.1. The Hall–Kier alpha value is -2.01. The van der Waals surface area contributed by atoms with Crippen LogP contribution in [0.25, 0.3) is 0 Å². The van der Waals surface area contributed by atoms with Gasteiger partial charge in [0, 0.05) is 26.3 Å². The number of phenols is 2. The maximum Gasteiger partial charge on any atom is 0.340 e. The molecule has 5 nitrogen and oxygen atoms in total. The summed E-state index contributed by atoms with van der Waals surface area (Å²) in [5, 5.41) is 20.1. The maximum atomic E-state index is 12.8. The molecular weight excluding hydrogens is 574 g/mol. The van der Waals surface area contributed by atoms with Crippen molar-refractivity contribution in [2.45, 2.75) is 5.60 Å². The Labute approximate surface area is 181 Å². The van der Waals surface area contributed by atoms with E-state index in [0.717, 1.165) is 3.57 Å². The minimum absolute atomic E-state index is 0.0367. The summed E-state index contributed by atoms with van der Waals surface area (Å²) in [6, 6.07) is 13.6. The topological polar surface area (TPSA) is 76.0 Å². The molecule has 7 heteroatoms. The molecule has 0 radical (unpaired) electrons. The first-order valence-corrected chi connectivity index (χ1v) is 10.1. The van der Waals surface area contributed by atoms with Crippen LogP contribution in [0.3, 0.4) is 0 Å². The molecule has 1 atom stereocenters. The summed E-state index contributed by atoms with van der Waals surface area (Å²) in [5.41, 5.74) is 1.28. The van der Waals surface area contributed by atoms with Gasteiger partial charge in [0.05, 0.1) is 9.13 Å². The Morgan fingerprint density at radius 1 is 0.889 bits per heavy atom. The second-order valence-corrected chi connectivity index (χ2v) is 8.64. The predicted molar refractivity (Wildman–Crippen MR) is 113 cm³/mol. The van der Waals surface area contributed by atoms with Gasteiger partial charge in [-0.05, 0) is 81.6 Å². The van der Waals surface area contributed by atoms with Crippen molar-refractivity contribution < 1.29 is 24.5 Å². The Bertz CT molecular complexity index is 1160. The third-order valence-electron chi connectivity index (χ3n) is 4.84. The second kappa shape index (κ2) is 5.74. The number of phenolic OH excluding ortho intramolecular Hbond substituents is 2. The number of halogens is 2. The fourth-order valence-electron chi connectivity index (χ4n) is 3.71. The summed E-state index contributed by atoms with van der Waals surface area (Å²) in [6.07, 6.45) is 0. The largest absolute Gasteiger partial charge is 0.508 e. The Morgan fingerprint density at radius 2 is 1.63 bits per heavy atom. The monoisotopic (exact) mass is 584 g/mol. The van der Waals surface area contributed by atoms with E-state index in [0.29, 0.717) is 37.3 Å². The van der Waals surface area contributed by atoms with E-state index < -0.39 is 11.6 Å². The highest BCUT2D eigenvalue weighted by Gasteiger charge is 2.54. The van der Waals surface area contributed by atoms with Gasteiger partial charge in [-0.1, -0.05) is 6.07 Å². The lowest BCUT2D eigenvalue weighted by molar-refractivity contribution is 0.0223. The van der Waals surface area contributed by atoms with Crippen LogP contribution in [0.5, 0.6) is 23.0 Å². The van der Waals surface area contributed by atoms with Crippen molar-refractivity contribution in [3.05, 3.63) is 77.9 Å². The zero-order valence-electron chi connectivity index (χ0n) is 13.5. The van der Waals surface area contributed by atoms with E-state index in [4.69, 9.17) is 9.47 Å². The predicted octanol–water partition coefficient (Wildman–Crippen LogP) is 4.88. The van der Waals surface area contributed by atoms with Gasteiger partial charge in [0.1, 0.15) is 17.2 Å². The van der Waals surface area contributed by atoms with Gasteiger partial charge in [-0.25, -0.2) is 4.79 Å². The SMILES string of the molecule is O=C1OC2(c3ccc(O)cc3Oc3c2ccc(O)c3I)c2ccc(I)cc21. The van der Waals surface area contributed by atoms with Crippen molar-refractivity contribution >= 4 is 51.2 Å². The van der Waals surface area contributed by atoms with Crippen LogP contribution in [0.15, 0.2) is 48.5 Å². The van der Waals surface area contributed by atoms with Gasteiger partial charge in [-0.3, -0.25) is 0 Å². The standard InChI is InChI=1S/C20H10I2O5/c21-9-1-3-12-11(7-9)19(25)27-20(12)13-4-2-10(23)8-16(13)26-18-14(20)5-6-15(24)17(18)22/h1-8,23-24H. The molecule has 0 fully saturated rings. The van der Waals surface area contributed by atoms with Crippen LogP contribution in [0, 0.1) is 7.14 Å². The first-order valence-electron chi connectivity index (χ1n) is 7.98. The van der Waals surface area contributed by atoms with Crippen LogP contribution in [0.4, 0.5) is 0 Å². The number of hydrogen-bond acceptors (Lipinski definition) is 5. The zero-order valence-corrected chi connectivity index (χ0v) is 17.8. The van der Waals surface area contributed by atoms with E-state index in [1.807, 2.05) is 34.7 Å². The average Bonchev–Trinajstić information content (AvgIpc) is 2.91. The van der Waals surface area contributed by atoms with E-state index in [-0.39, 0.29) is 11.5 Å². The van der Waals surface area contributed by atoms with E-state index in [1.54, 1.807) is 30.3 Å². The molecule has 2 N–H and O–H groups in total. The maximum absolute atomic E-state index is 12.8. The molecule has 5 rings (SSSR count). The van der Waals surface area contributed by atoms with Crippen molar-refractivity contribution in [3.63, 3.8) is 0 Å². The van der Waals surface area contributed by atoms with Crippen LogP contribution < -0.4 is 4.74 Å². The van der Waals surface area contributed by atoms with Crippen LogP contribution in [-0.4, -0.2) is 16.2 Å². The molecule has 2 aliphatic rings. The molecule has 3 aromatic rings. The van der Waals surface area contributed by atoms with Gasteiger partial charge in [-0.2, -0.15) is 0 Å². The molecule has 2 aliphatic heterocycles. The van der Waals surface area contributed by atoms with Crippen molar-refractivity contribution in [2.24, 2.45) is 0 Å². The first-order chi connectivity index (χ1) is 12.9. The van der Waals surface area contributed by atoms with Gasteiger partial charge >= 0.3 is 5.97 Å². The Balaban J connectivity index is 1.93. The molecule has 0 bridgehead atoms. The molecule has 1 unspecified atom stereocenters. The summed E-state index contributed by atoms with van der Waals surface area (Å²) in [4.78, 5) is 12.8. The fraction of sp³-hybridized carbons (Fsp3) is 0.0500. The third-order valence-corrected chi connectivity index (χ3v) is 6.55. The second-order valence-electron chi connectivity index (χ2n) is 6.32. The molecular formula is C20H10I2O5. The van der Waals surface area contributed by atoms with Crippen molar-refractivity contribution in [1.29, 1.82) is 0 Å². The first kappa shape index (κ1) is 17.1. The van der Waals surface area contributed by atoms with Crippen LogP contribution in [0.2, 0.25) is 0 Å². The average molecular weight is 584 g/mol. The van der Waals surface area contributed by atoms with E-state index in [2.05, 4.69) is 22.6 Å². The molecule has 0 aromatic heterocycles. The Kier molecular flexibility index (Phi) is 3.64. The number of rotatable bonds is 0. The van der Waals surface area contributed by atoms with E-state index in [9.17, 15) is 15.0 Å². The van der Waals surface area contributed by atoms with E-state index in [1.165, 1.54) is 6.07 Å². The van der Waals surface area contributed by atoms with Crippen molar-refractivity contribution in [2.75, 3.05) is 0 Å². The molecule has 0 saturated carbocycles. The molecule has 3 aromatic carbocycles. The highest BCUT2D eigenvalue weighted by molar-refractivity contribution is 14.1. The third kappa shape index (κ3) is 2.24. The molecule has 0 amide bonds. The summed E-state index contributed by atoms with van der Waals surface area (Å²) in [5.74, 6) is 0.478. The van der Waals surface area contributed by atoms with Crippen molar-refractivity contribution in [1.82, 2.24) is 0 Å². The van der Waals surface area contributed by atoms with Gasteiger partial charge in [0.2, 0.25) is 0 Å². The lowest BCUT2D eigenvalue weighted by Crippen LogP contribution is -2.33. The molecule has 0 saturated heterocycles. The number of fused-ring (bicyclic) bond motifs is 6. The highest BCUT2D eigenvalue weighted by Crippen LogP contribution is 2.58. The lowest BCUT2D eigenvalue weighted by Gasteiger charge is -2.37. The van der Waals surface area contributed by atoms with Crippen LogP contribution in [0.1, 0.15) is 27.0 Å². The smallest absolute Gasteiger partial charge is 0.340 e. The molecule has 0 aliphatic carbocycles. The van der Waals surface area contributed by atoms with Gasteiger partial charge in [-0.15, -0.1) is 0 Å². The summed E-state index contributed by atoms with van der Waals surface area (Å²) in [6.45, 7) is 0. The minimum atomic E-state index is -1.19. The quantitative estimate of drug-likeness (QED) is 0.292. The number of aromatic hydroxyl groups is 2. The van der Waals surface area contributed by atoms with Crippen LogP contribution in [-0.2, 0) is 10.3 Å². The number of carbonyl (C=O) groups excluding carboxylic acids is 1. The number of benzene rings is 3. The summed E-state index contributed by atoms with van der Waals surface area (Å²) >= 11 is 4.15. The molecule has 1 spiro atoms. The van der Waals surface area contributed by atoms with Gasteiger partial charge < -0.3 is 19.7 Å². The van der Waals surface area contributed by atoms with Crippen molar-refractivity contribution in [3.8, 4) is 23.0 Å². The van der Waals surface area contributed by atoms with Gasteiger partial charge in [0.15, 0.2) is 11.4 Å². The summed E-state index contributed by atoms with van der Waals surface area (Å²) < 4.78 is 13.5. The fourth-order valence-corrected chi connectivity index (χ4v) is 4.78. The Morgan fingerprint density at radius 3 is 2.44 bits per heavy atom. The number of ether oxygens (including phenoxy) is 2. The van der Waals surface area contributed by atoms with Gasteiger partial charge in [0.25, 0.3) is 0 Å². The van der Waals surface area contributed by atoms with E-state index >= 15 is 0 Å². The van der Waals surface area contributed by atoms with Crippen LogP contribution >= 0.6 is 45.2 Å². The number of esters is 1. The molecule has 27 heavy (non-hydrogen) atoms. The summed E-state index contributed by atoms with van der Waals surface area (Å²) in [7, 11) is 0.